The van der Waals surface area contributed by atoms with E-state index >= 15 is 0 Å². The van der Waals surface area contributed by atoms with Gasteiger partial charge in [0.2, 0.25) is 0 Å². The first kappa shape index (κ1) is 22.2. The van der Waals surface area contributed by atoms with E-state index in [1.807, 2.05) is 49.4 Å². The summed E-state index contributed by atoms with van der Waals surface area (Å²) in [5, 5.41) is 3.99. The summed E-state index contributed by atoms with van der Waals surface area (Å²) in [6.45, 7) is 4.72. The molecule has 1 fully saturated rings. The first-order valence-electron chi connectivity index (χ1n) is 10.2. The van der Waals surface area contributed by atoms with Crippen molar-refractivity contribution in [3.05, 3.63) is 48.0 Å². The van der Waals surface area contributed by atoms with E-state index in [0.717, 1.165) is 43.0 Å². The Bertz CT molecular complexity index is 840. The van der Waals surface area contributed by atoms with Gasteiger partial charge in [-0.1, -0.05) is 18.2 Å². The third-order valence-electron chi connectivity index (χ3n) is 4.99. The number of para-hydroxylation sites is 2. The van der Waals surface area contributed by atoms with Crippen molar-refractivity contribution < 1.29 is 18.9 Å². The van der Waals surface area contributed by atoms with E-state index in [4.69, 9.17) is 31.2 Å². The largest absolute Gasteiger partial charge is 0.493 e. The van der Waals surface area contributed by atoms with Crippen LogP contribution in [-0.4, -0.2) is 50.1 Å². The highest BCUT2D eigenvalue weighted by Gasteiger charge is 2.22. The molecule has 1 heterocycles. The summed E-state index contributed by atoms with van der Waals surface area (Å²) in [6, 6.07) is 13.8. The molecule has 1 aliphatic heterocycles. The number of nitrogens with one attached hydrogen (secondary N) is 1. The summed E-state index contributed by atoms with van der Waals surface area (Å²) in [6.07, 6.45) is 2.30. The highest BCUT2D eigenvalue weighted by atomic mass is 32.1. The zero-order valence-electron chi connectivity index (χ0n) is 17.8. The fraction of sp³-hybridized carbons (Fsp3) is 0.435. The standard InChI is InChI=1S/C23H30N2O4S/c1-4-28-20-10-6-5-9-19(20)24-23(30)25(16-18-8-7-13-29-18)15-17-11-12-21(26-2)22(14-17)27-3/h5-6,9-12,14,18H,4,7-8,13,15-16H2,1-3H3,(H,24,30). The number of benzene rings is 2. The van der Waals surface area contributed by atoms with Crippen molar-refractivity contribution in [2.75, 3.05) is 39.3 Å². The number of ether oxygens (including phenoxy) is 4. The number of rotatable bonds is 9. The molecule has 6 nitrogen and oxygen atoms in total. The van der Waals surface area contributed by atoms with Crippen LogP contribution >= 0.6 is 12.2 Å². The molecule has 7 heteroatoms. The average Bonchev–Trinajstić information content (AvgIpc) is 3.28. The number of thiocarbonyl (C=S) groups is 1. The van der Waals surface area contributed by atoms with Crippen molar-refractivity contribution in [3.63, 3.8) is 0 Å². The molecule has 0 bridgehead atoms. The lowest BCUT2D eigenvalue weighted by molar-refractivity contribution is 0.0905. The van der Waals surface area contributed by atoms with E-state index in [0.29, 0.717) is 29.8 Å². The third kappa shape index (κ3) is 5.77. The van der Waals surface area contributed by atoms with Gasteiger partial charge in [-0.05, 0) is 61.8 Å². The van der Waals surface area contributed by atoms with E-state index < -0.39 is 0 Å². The van der Waals surface area contributed by atoms with Crippen molar-refractivity contribution in [2.45, 2.75) is 32.4 Å². The maximum absolute atomic E-state index is 5.87. The van der Waals surface area contributed by atoms with Crippen molar-refractivity contribution >= 4 is 23.0 Å². The van der Waals surface area contributed by atoms with Gasteiger partial charge in [0, 0.05) is 19.7 Å². The lowest BCUT2D eigenvalue weighted by atomic mass is 10.1. The van der Waals surface area contributed by atoms with Crippen LogP contribution in [0, 0.1) is 0 Å². The summed E-state index contributed by atoms with van der Waals surface area (Å²) >= 11 is 5.79. The van der Waals surface area contributed by atoms with Gasteiger partial charge in [-0.15, -0.1) is 0 Å². The molecule has 1 aliphatic rings. The lowest BCUT2D eigenvalue weighted by Gasteiger charge is -2.29. The summed E-state index contributed by atoms with van der Waals surface area (Å²) in [7, 11) is 3.28. The highest BCUT2D eigenvalue weighted by molar-refractivity contribution is 7.80. The van der Waals surface area contributed by atoms with E-state index in [2.05, 4.69) is 10.2 Å². The second-order valence-electron chi connectivity index (χ2n) is 7.06. The van der Waals surface area contributed by atoms with E-state index in [1.54, 1.807) is 14.2 Å². The quantitative estimate of drug-likeness (QED) is 0.589. The van der Waals surface area contributed by atoms with Crippen LogP contribution in [0.3, 0.4) is 0 Å². The Balaban J connectivity index is 1.79. The maximum Gasteiger partial charge on any atom is 0.173 e. The molecule has 1 N–H and O–H groups in total. The number of methoxy groups -OCH3 is 2. The van der Waals surface area contributed by atoms with E-state index in [9.17, 15) is 0 Å². The number of nitrogens with zero attached hydrogens (tertiary/aromatic N) is 1. The summed E-state index contributed by atoms with van der Waals surface area (Å²) in [5.74, 6) is 2.19. The predicted molar refractivity (Wildman–Crippen MR) is 123 cm³/mol. The molecular weight excluding hydrogens is 400 g/mol. The minimum Gasteiger partial charge on any atom is -0.493 e. The summed E-state index contributed by atoms with van der Waals surface area (Å²) < 4.78 is 22.4. The van der Waals surface area contributed by atoms with Gasteiger partial charge >= 0.3 is 0 Å². The second kappa shape index (κ2) is 11.0. The molecule has 0 aliphatic carbocycles. The molecule has 0 saturated carbocycles. The molecule has 0 aromatic heterocycles. The first-order valence-corrected chi connectivity index (χ1v) is 10.7. The molecule has 3 rings (SSSR count). The molecule has 1 atom stereocenters. The number of hydrogen-bond acceptors (Lipinski definition) is 5. The molecule has 2 aromatic carbocycles. The van der Waals surface area contributed by atoms with Gasteiger partial charge in [-0.25, -0.2) is 0 Å². The Hall–Kier alpha value is -2.51. The minimum atomic E-state index is 0.173. The maximum atomic E-state index is 5.87. The Kier molecular flexibility index (Phi) is 8.16. The van der Waals surface area contributed by atoms with Gasteiger partial charge < -0.3 is 29.2 Å². The normalized spacial score (nSPS) is 15.5. The zero-order chi connectivity index (χ0) is 21.3. The molecule has 30 heavy (non-hydrogen) atoms. The molecule has 2 aromatic rings. The van der Waals surface area contributed by atoms with E-state index in [1.165, 1.54) is 0 Å². The molecule has 0 spiro atoms. The van der Waals surface area contributed by atoms with Crippen LogP contribution in [0.2, 0.25) is 0 Å². The lowest BCUT2D eigenvalue weighted by Crippen LogP contribution is -2.39. The fourth-order valence-electron chi connectivity index (χ4n) is 3.50. The smallest absolute Gasteiger partial charge is 0.173 e. The predicted octanol–water partition coefficient (Wildman–Crippen LogP) is 4.48. The van der Waals surface area contributed by atoms with Crippen LogP contribution in [0.4, 0.5) is 5.69 Å². The number of hydrogen-bond donors (Lipinski definition) is 1. The van der Waals surface area contributed by atoms with Crippen molar-refractivity contribution in [1.82, 2.24) is 4.90 Å². The van der Waals surface area contributed by atoms with Gasteiger partial charge in [0.25, 0.3) is 0 Å². The van der Waals surface area contributed by atoms with Crippen LogP contribution in [0.5, 0.6) is 17.2 Å². The molecule has 1 unspecified atom stereocenters. The van der Waals surface area contributed by atoms with Gasteiger partial charge in [-0.3, -0.25) is 0 Å². The van der Waals surface area contributed by atoms with Crippen LogP contribution < -0.4 is 19.5 Å². The number of anilines is 1. The SMILES string of the molecule is CCOc1ccccc1NC(=S)N(Cc1ccc(OC)c(OC)c1)CC1CCCO1. The van der Waals surface area contributed by atoms with Gasteiger partial charge in [0.05, 0.1) is 32.6 Å². The average molecular weight is 431 g/mol. The fourth-order valence-corrected chi connectivity index (χ4v) is 3.75. The van der Waals surface area contributed by atoms with Gasteiger partial charge in [-0.2, -0.15) is 0 Å². The van der Waals surface area contributed by atoms with Crippen LogP contribution in [-0.2, 0) is 11.3 Å². The highest BCUT2D eigenvalue weighted by Crippen LogP contribution is 2.29. The van der Waals surface area contributed by atoms with Crippen LogP contribution in [0.15, 0.2) is 42.5 Å². The summed E-state index contributed by atoms with van der Waals surface area (Å²) in [5.41, 5.74) is 1.93. The topological polar surface area (TPSA) is 52.2 Å². The Morgan fingerprint density at radius 2 is 1.93 bits per heavy atom. The Labute approximate surface area is 184 Å². The van der Waals surface area contributed by atoms with Crippen molar-refractivity contribution in [3.8, 4) is 17.2 Å². The monoisotopic (exact) mass is 430 g/mol. The minimum absolute atomic E-state index is 0.173. The Morgan fingerprint density at radius 1 is 1.13 bits per heavy atom. The molecule has 1 saturated heterocycles. The van der Waals surface area contributed by atoms with E-state index in [-0.39, 0.29) is 6.10 Å². The van der Waals surface area contributed by atoms with Crippen LogP contribution in [0.1, 0.15) is 25.3 Å². The molecule has 0 amide bonds. The second-order valence-corrected chi connectivity index (χ2v) is 7.45. The van der Waals surface area contributed by atoms with Crippen LogP contribution in [0.25, 0.3) is 0 Å². The molecule has 0 radical (unpaired) electrons. The van der Waals surface area contributed by atoms with Gasteiger partial charge in [0.1, 0.15) is 5.75 Å². The van der Waals surface area contributed by atoms with Crippen molar-refractivity contribution in [2.24, 2.45) is 0 Å². The van der Waals surface area contributed by atoms with Crippen molar-refractivity contribution in [1.29, 1.82) is 0 Å². The van der Waals surface area contributed by atoms with Gasteiger partial charge in [0.15, 0.2) is 16.6 Å². The Morgan fingerprint density at radius 3 is 2.63 bits per heavy atom. The molecule has 162 valence electrons. The molecular formula is C23H30N2O4S. The zero-order valence-corrected chi connectivity index (χ0v) is 18.7. The third-order valence-corrected chi connectivity index (χ3v) is 5.35. The summed E-state index contributed by atoms with van der Waals surface area (Å²) in [4.78, 5) is 2.13. The first-order chi connectivity index (χ1) is 14.6.